The summed E-state index contributed by atoms with van der Waals surface area (Å²) in [5.41, 5.74) is 0.983. The summed E-state index contributed by atoms with van der Waals surface area (Å²) >= 11 is 0. The first-order valence-corrected chi connectivity index (χ1v) is 5.65. The molecule has 92 valence electrons. The average molecular weight is 236 g/mol. The highest BCUT2D eigenvalue weighted by Gasteiger charge is 2.10. The largest absolute Gasteiger partial charge is 0.332 e. The molecule has 0 atom stereocenters. The third-order valence-electron chi connectivity index (χ3n) is 2.38. The molecule has 0 fully saturated rings. The second-order valence-electron chi connectivity index (χ2n) is 4.01. The summed E-state index contributed by atoms with van der Waals surface area (Å²) in [6.45, 7) is 7.41. The van der Waals surface area contributed by atoms with E-state index in [1.807, 2.05) is 25.5 Å². The van der Waals surface area contributed by atoms with Gasteiger partial charge in [-0.3, -0.25) is 0 Å². The van der Waals surface area contributed by atoms with Crippen molar-refractivity contribution < 1.29 is 4.52 Å². The van der Waals surface area contributed by atoms with Crippen LogP contribution in [0.25, 0.3) is 0 Å². The average Bonchev–Trinajstić information content (AvgIpc) is 2.95. The molecule has 0 bridgehead atoms. The minimum atomic E-state index is 0.261. The van der Waals surface area contributed by atoms with Gasteiger partial charge in [0.15, 0.2) is 5.82 Å². The summed E-state index contributed by atoms with van der Waals surface area (Å²) in [5, 5.41) is 14.7. The standard InChI is InChI=1S/C10H16N6O/c1-4-16-8(6-12-15-16)5-11-10-13-9(7(2)3)14-17-10/h6-7H,4-5H2,1-3H3,(H,11,13,14). The highest BCUT2D eigenvalue weighted by Crippen LogP contribution is 2.13. The molecule has 7 heteroatoms. The van der Waals surface area contributed by atoms with E-state index in [0.717, 1.165) is 12.2 Å². The Kier molecular flexibility index (Phi) is 3.36. The molecule has 0 radical (unpaired) electrons. The Bertz CT molecular complexity index is 475. The maximum atomic E-state index is 5.08. The summed E-state index contributed by atoms with van der Waals surface area (Å²) in [4.78, 5) is 4.23. The van der Waals surface area contributed by atoms with Gasteiger partial charge in [0.25, 0.3) is 0 Å². The molecule has 2 aromatic heterocycles. The van der Waals surface area contributed by atoms with Crippen LogP contribution in [0.5, 0.6) is 0 Å². The molecule has 0 spiro atoms. The molecule has 0 aliphatic rings. The summed E-state index contributed by atoms with van der Waals surface area (Å²) < 4.78 is 6.89. The van der Waals surface area contributed by atoms with Crippen LogP contribution in [0.2, 0.25) is 0 Å². The molecule has 0 unspecified atom stereocenters. The minimum absolute atomic E-state index is 0.261. The van der Waals surface area contributed by atoms with E-state index in [4.69, 9.17) is 4.52 Å². The Morgan fingerprint density at radius 1 is 1.47 bits per heavy atom. The highest BCUT2D eigenvalue weighted by atomic mass is 16.5. The van der Waals surface area contributed by atoms with Crippen molar-refractivity contribution in [2.24, 2.45) is 0 Å². The van der Waals surface area contributed by atoms with Gasteiger partial charge >= 0.3 is 6.01 Å². The van der Waals surface area contributed by atoms with Crippen LogP contribution >= 0.6 is 0 Å². The van der Waals surface area contributed by atoms with Crippen molar-refractivity contribution in [3.63, 3.8) is 0 Å². The molecular weight excluding hydrogens is 220 g/mol. The third-order valence-corrected chi connectivity index (χ3v) is 2.38. The lowest BCUT2D eigenvalue weighted by atomic mass is 10.2. The highest BCUT2D eigenvalue weighted by molar-refractivity contribution is 5.20. The van der Waals surface area contributed by atoms with Crippen LogP contribution in [-0.2, 0) is 13.1 Å². The zero-order chi connectivity index (χ0) is 12.3. The van der Waals surface area contributed by atoms with Gasteiger partial charge in [0.05, 0.1) is 18.4 Å². The third kappa shape index (κ3) is 2.61. The molecule has 0 aliphatic carbocycles. The number of aromatic nitrogens is 5. The van der Waals surface area contributed by atoms with Gasteiger partial charge in [0.2, 0.25) is 0 Å². The molecule has 7 nitrogen and oxygen atoms in total. The predicted octanol–water partition coefficient (Wildman–Crippen LogP) is 1.42. The number of rotatable bonds is 5. The van der Waals surface area contributed by atoms with Gasteiger partial charge in [-0.05, 0) is 6.92 Å². The van der Waals surface area contributed by atoms with Crippen molar-refractivity contribution in [3.05, 3.63) is 17.7 Å². The van der Waals surface area contributed by atoms with Gasteiger partial charge in [-0.15, -0.1) is 5.10 Å². The van der Waals surface area contributed by atoms with Crippen LogP contribution < -0.4 is 5.32 Å². The van der Waals surface area contributed by atoms with E-state index in [2.05, 4.69) is 25.8 Å². The van der Waals surface area contributed by atoms with E-state index in [1.165, 1.54) is 0 Å². The predicted molar refractivity (Wildman–Crippen MR) is 61.4 cm³/mol. The molecule has 2 rings (SSSR count). The number of hydrogen-bond donors (Lipinski definition) is 1. The van der Waals surface area contributed by atoms with Crippen molar-refractivity contribution >= 4 is 6.01 Å². The second-order valence-corrected chi connectivity index (χ2v) is 4.01. The molecule has 17 heavy (non-hydrogen) atoms. The Hall–Kier alpha value is -1.92. The zero-order valence-electron chi connectivity index (χ0n) is 10.2. The summed E-state index contributed by atoms with van der Waals surface area (Å²) in [6, 6.07) is 0.428. The molecule has 0 saturated heterocycles. The van der Waals surface area contributed by atoms with Crippen LogP contribution in [0.4, 0.5) is 6.01 Å². The number of hydrogen-bond acceptors (Lipinski definition) is 6. The summed E-state index contributed by atoms with van der Waals surface area (Å²) in [7, 11) is 0. The van der Waals surface area contributed by atoms with E-state index in [1.54, 1.807) is 6.20 Å². The second kappa shape index (κ2) is 4.94. The lowest BCUT2D eigenvalue weighted by Gasteiger charge is -2.02. The van der Waals surface area contributed by atoms with Crippen LogP contribution in [0.3, 0.4) is 0 Å². The first-order chi connectivity index (χ1) is 8.20. The maximum absolute atomic E-state index is 5.08. The Balaban J connectivity index is 1.97. The molecule has 1 N–H and O–H groups in total. The van der Waals surface area contributed by atoms with Crippen molar-refractivity contribution in [2.75, 3.05) is 5.32 Å². The topological polar surface area (TPSA) is 81.7 Å². The summed E-state index contributed by atoms with van der Waals surface area (Å²) in [5.74, 6) is 0.965. The number of nitrogens with zero attached hydrogens (tertiary/aromatic N) is 5. The minimum Gasteiger partial charge on any atom is -0.332 e. The van der Waals surface area contributed by atoms with E-state index in [9.17, 15) is 0 Å². The number of nitrogens with one attached hydrogen (secondary N) is 1. The van der Waals surface area contributed by atoms with Crippen LogP contribution in [0.1, 0.15) is 38.2 Å². The first kappa shape index (κ1) is 11.6. The Morgan fingerprint density at radius 3 is 2.94 bits per heavy atom. The molecular formula is C10H16N6O. The van der Waals surface area contributed by atoms with E-state index in [-0.39, 0.29) is 5.92 Å². The lowest BCUT2D eigenvalue weighted by molar-refractivity contribution is 0.418. The van der Waals surface area contributed by atoms with Gasteiger partial charge in [-0.2, -0.15) is 4.98 Å². The molecule has 2 heterocycles. The van der Waals surface area contributed by atoms with Crippen molar-refractivity contribution in [1.29, 1.82) is 0 Å². The van der Waals surface area contributed by atoms with E-state index >= 15 is 0 Å². The zero-order valence-corrected chi connectivity index (χ0v) is 10.2. The van der Waals surface area contributed by atoms with Crippen molar-refractivity contribution in [1.82, 2.24) is 25.1 Å². The SMILES string of the molecule is CCn1nncc1CNc1nc(C(C)C)no1. The Labute approximate surface area is 99.2 Å². The fraction of sp³-hybridized carbons (Fsp3) is 0.600. The summed E-state index contributed by atoms with van der Waals surface area (Å²) in [6.07, 6.45) is 1.72. The van der Waals surface area contributed by atoms with Gasteiger partial charge < -0.3 is 9.84 Å². The Morgan fingerprint density at radius 2 is 2.29 bits per heavy atom. The van der Waals surface area contributed by atoms with Crippen molar-refractivity contribution in [3.8, 4) is 0 Å². The number of aryl methyl sites for hydroxylation is 1. The lowest BCUT2D eigenvalue weighted by Crippen LogP contribution is -2.08. The fourth-order valence-corrected chi connectivity index (χ4v) is 1.39. The number of anilines is 1. The van der Waals surface area contributed by atoms with E-state index < -0.39 is 0 Å². The fourth-order valence-electron chi connectivity index (χ4n) is 1.39. The molecule has 2 aromatic rings. The smallest absolute Gasteiger partial charge is 0.321 e. The van der Waals surface area contributed by atoms with Gasteiger partial charge in [-0.25, -0.2) is 4.68 Å². The van der Waals surface area contributed by atoms with Crippen LogP contribution in [0, 0.1) is 0 Å². The van der Waals surface area contributed by atoms with Crippen LogP contribution in [-0.4, -0.2) is 25.1 Å². The van der Waals surface area contributed by atoms with Crippen molar-refractivity contribution in [2.45, 2.75) is 39.8 Å². The molecule has 0 aromatic carbocycles. The van der Waals surface area contributed by atoms with Gasteiger partial charge in [-0.1, -0.05) is 24.2 Å². The van der Waals surface area contributed by atoms with Gasteiger partial charge in [0, 0.05) is 12.5 Å². The molecule has 0 aliphatic heterocycles. The monoisotopic (exact) mass is 236 g/mol. The van der Waals surface area contributed by atoms with Gasteiger partial charge in [0.1, 0.15) is 0 Å². The molecule has 0 amide bonds. The van der Waals surface area contributed by atoms with E-state index in [0.29, 0.717) is 18.4 Å². The normalized spacial score (nSPS) is 11.1. The first-order valence-electron chi connectivity index (χ1n) is 5.65. The molecule has 0 saturated carbocycles. The van der Waals surface area contributed by atoms with Crippen LogP contribution in [0.15, 0.2) is 10.7 Å². The maximum Gasteiger partial charge on any atom is 0.321 e. The quantitative estimate of drug-likeness (QED) is 0.845.